The van der Waals surface area contributed by atoms with Crippen molar-refractivity contribution in [2.75, 3.05) is 31.6 Å². The summed E-state index contributed by atoms with van der Waals surface area (Å²) < 4.78 is 1.87. The van der Waals surface area contributed by atoms with Gasteiger partial charge in [0.2, 0.25) is 0 Å². The Kier molecular flexibility index (Phi) is 8.56. The average Bonchev–Trinajstić information content (AvgIpc) is 3.48. The number of hydrogen-bond acceptors (Lipinski definition) is 4. The van der Waals surface area contributed by atoms with Gasteiger partial charge in [-0.15, -0.1) is 35.3 Å². The Balaban J connectivity index is 0.00000256. The van der Waals surface area contributed by atoms with Crippen LogP contribution in [0.4, 0.5) is 5.00 Å². The largest absolute Gasteiger partial charge is 0.363 e. The smallest absolute Gasteiger partial charge is 0.191 e. The van der Waals surface area contributed by atoms with Crippen LogP contribution in [0, 0.1) is 0 Å². The molecule has 0 radical (unpaired) electrons. The lowest BCUT2D eigenvalue weighted by Crippen LogP contribution is -2.49. The molecule has 1 fully saturated rings. The summed E-state index contributed by atoms with van der Waals surface area (Å²) in [7, 11) is 1.84. The standard InChI is InChI=1S/C22H28N6S.HI/c1-23-22(26-19-10-15-27(16-11-19)21-4-2-17-29-21)24-13-9-18-5-7-20(8-6-18)28-14-3-12-25-28;/h2-8,12,14,17,19H,9-11,13,15-16H2,1H3,(H2,23,24,26);1H. The Labute approximate surface area is 199 Å². The van der Waals surface area contributed by atoms with Crippen molar-refractivity contribution in [3.8, 4) is 5.69 Å². The van der Waals surface area contributed by atoms with Gasteiger partial charge >= 0.3 is 0 Å². The summed E-state index contributed by atoms with van der Waals surface area (Å²) in [6.07, 6.45) is 6.97. The van der Waals surface area contributed by atoms with E-state index < -0.39 is 0 Å². The zero-order chi connectivity index (χ0) is 19.9. The topological polar surface area (TPSA) is 57.5 Å². The highest BCUT2D eigenvalue weighted by Gasteiger charge is 2.20. The third kappa shape index (κ3) is 5.98. The molecule has 30 heavy (non-hydrogen) atoms. The maximum atomic E-state index is 4.40. The number of guanidine groups is 1. The second-order valence-electron chi connectivity index (χ2n) is 7.22. The summed E-state index contributed by atoms with van der Waals surface area (Å²) in [5.41, 5.74) is 2.38. The molecule has 0 atom stereocenters. The fourth-order valence-electron chi connectivity index (χ4n) is 3.64. The van der Waals surface area contributed by atoms with Crippen LogP contribution in [0.2, 0.25) is 0 Å². The fourth-order valence-corrected chi connectivity index (χ4v) is 4.43. The lowest BCUT2D eigenvalue weighted by atomic mass is 10.1. The van der Waals surface area contributed by atoms with Gasteiger partial charge in [-0.2, -0.15) is 5.10 Å². The molecule has 0 saturated carbocycles. The molecule has 6 nitrogen and oxygen atoms in total. The summed E-state index contributed by atoms with van der Waals surface area (Å²) in [6, 6.07) is 15.3. The fraction of sp³-hybridized carbons (Fsp3) is 0.364. The van der Waals surface area contributed by atoms with Gasteiger partial charge in [0.25, 0.3) is 0 Å². The number of aliphatic imine (C=N–C) groups is 1. The van der Waals surface area contributed by atoms with E-state index in [2.05, 4.69) is 67.4 Å². The van der Waals surface area contributed by atoms with Crippen LogP contribution < -0.4 is 15.5 Å². The van der Waals surface area contributed by atoms with Crippen molar-refractivity contribution in [1.82, 2.24) is 20.4 Å². The number of piperidine rings is 1. The van der Waals surface area contributed by atoms with E-state index in [0.717, 1.165) is 50.5 Å². The van der Waals surface area contributed by atoms with Crippen LogP contribution in [-0.4, -0.2) is 48.5 Å². The molecule has 0 unspecified atom stereocenters. The SMILES string of the molecule is CN=C(NCCc1ccc(-n2cccn2)cc1)NC1CCN(c2cccs2)CC1.I. The molecule has 0 amide bonds. The molecule has 0 aliphatic carbocycles. The number of anilines is 1. The van der Waals surface area contributed by atoms with E-state index >= 15 is 0 Å². The van der Waals surface area contributed by atoms with Gasteiger partial charge in [-0.25, -0.2) is 4.68 Å². The maximum Gasteiger partial charge on any atom is 0.191 e. The van der Waals surface area contributed by atoms with E-state index in [0.29, 0.717) is 6.04 Å². The molecular formula is C22H29IN6S. The molecular weight excluding hydrogens is 507 g/mol. The monoisotopic (exact) mass is 536 g/mol. The first-order valence-corrected chi connectivity index (χ1v) is 11.0. The van der Waals surface area contributed by atoms with Crippen LogP contribution in [0.25, 0.3) is 5.69 Å². The summed E-state index contributed by atoms with van der Waals surface area (Å²) >= 11 is 1.82. The van der Waals surface area contributed by atoms with E-state index in [4.69, 9.17) is 0 Å². The van der Waals surface area contributed by atoms with Gasteiger partial charge in [0.1, 0.15) is 0 Å². The van der Waals surface area contributed by atoms with Crippen LogP contribution in [0.1, 0.15) is 18.4 Å². The summed E-state index contributed by atoms with van der Waals surface area (Å²) in [5, 5.41) is 14.8. The molecule has 3 heterocycles. The number of nitrogens with one attached hydrogen (secondary N) is 2. The van der Waals surface area contributed by atoms with Gasteiger partial charge in [0, 0.05) is 45.1 Å². The maximum absolute atomic E-state index is 4.40. The Morgan fingerprint density at radius 3 is 2.60 bits per heavy atom. The molecule has 0 spiro atoms. The predicted octanol–water partition coefficient (Wildman–Crippen LogP) is 3.93. The predicted molar refractivity (Wildman–Crippen MR) is 137 cm³/mol. The third-order valence-corrected chi connectivity index (χ3v) is 6.22. The average molecular weight is 536 g/mol. The van der Waals surface area contributed by atoms with Gasteiger partial charge in [0.05, 0.1) is 10.7 Å². The normalized spacial score (nSPS) is 15.0. The zero-order valence-electron chi connectivity index (χ0n) is 17.2. The second kappa shape index (κ2) is 11.4. The van der Waals surface area contributed by atoms with Gasteiger partial charge in [-0.3, -0.25) is 4.99 Å². The minimum Gasteiger partial charge on any atom is -0.363 e. The first kappa shape index (κ1) is 22.6. The highest BCUT2D eigenvalue weighted by atomic mass is 127. The molecule has 1 saturated heterocycles. The molecule has 4 rings (SSSR count). The Morgan fingerprint density at radius 1 is 1.17 bits per heavy atom. The van der Waals surface area contributed by atoms with Crippen LogP contribution in [0.15, 0.2) is 65.2 Å². The van der Waals surface area contributed by atoms with E-state index in [-0.39, 0.29) is 24.0 Å². The molecule has 1 aromatic carbocycles. The Morgan fingerprint density at radius 2 is 1.97 bits per heavy atom. The Hall–Kier alpha value is -2.07. The Bertz CT molecular complexity index is 884. The minimum absolute atomic E-state index is 0. The number of rotatable bonds is 6. The van der Waals surface area contributed by atoms with Crippen molar-refractivity contribution in [2.24, 2.45) is 4.99 Å². The third-order valence-electron chi connectivity index (χ3n) is 5.29. The number of halogens is 1. The number of thiophene rings is 1. The summed E-state index contributed by atoms with van der Waals surface area (Å²) in [5.74, 6) is 0.896. The van der Waals surface area contributed by atoms with Crippen molar-refractivity contribution in [1.29, 1.82) is 0 Å². The second-order valence-corrected chi connectivity index (χ2v) is 8.15. The van der Waals surface area contributed by atoms with Crippen LogP contribution >= 0.6 is 35.3 Å². The van der Waals surface area contributed by atoms with Crippen molar-refractivity contribution in [3.05, 3.63) is 65.8 Å². The summed E-state index contributed by atoms with van der Waals surface area (Å²) in [6.45, 7) is 3.05. The van der Waals surface area contributed by atoms with E-state index in [1.54, 1.807) is 6.20 Å². The van der Waals surface area contributed by atoms with E-state index in [9.17, 15) is 0 Å². The number of benzene rings is 1. The highest BCUT2D eigenvalue weighted by Crippen LogP contribution is 2.24. The molecule has 1 aliphatic rings. The quantitative estimate of drug-likeness (QED) is 0.285. The number of aromatic nitrogens is 2. The van der Waals surface area contributed by atoms with Crippen molar-refractivity contribution >= 4 is 46.3 Å². The molecule has 1 aliphatic heterocycles. The number of hydrogen-bond donors (Lipinski definition) is 2. The van der Waals surface area contributed by atoms with Gasteiger partial charge in [0.15, 0.2) is 5.96 Å². The van der Waals surface area contributed by atoms with Crippen LogP contribution in [0.3, 0.4) is 0 Å². The lowest BCUT2D eigenvalue weighted by Gasteiger charge is -2.33. The zero-order valence-corrected chi connectivity index (χ0v) is 20.3. The lowest BCUT2D eigenvalue weighted by molar-refractivity contribution is 0.463. The highest BCUT2D eigenvalue weighted by molar-refractivity contribution is 14.0. The summed E-state index contributed by atoms with van der Waals surface area (Å²) in [4.78, 5) is 6.88. The first-order valence-electron chi connectivity index (χ1n) is 10.2. The van der Waals surface area contributed by atoms with E-state index in [1.165, 1.54) is 10.6 Å². The molecule has 8 heteroatoms. The minimum atomic E-state index is 0. The van der Waals surface area contributed by atoms with Gasteiger partial charge in [-0.1, -0.05) is 12.1 Å². The van der Waals surface area contributed by atoms with E-state index in [1.807, 2.05) is 35.3 Å². The van der Waals surface area contributed by atoms with Crippen LogP contribution in [-0.2, 0) is 6.42 Å². The van der Waals surface area contributed by atoms with Gasteiger partial charge < -0.3 is 15.5 Å². The molecule has 2 N–H and O–H groups in total. The number of nitrogens with zero attached hydrogens (tertiary/aromatic N) is 4. The molecule has 2 aromatic heterocycles. The molecule has 3 aromatic rings. The van der Waals surface area contributed by atoms with Crippen molar-refractivity contribution < 1.29 is 0 Å². The first-order chi connectivity index (χ1) is 14.3. The van der Waals surface area contributed by atoms with Gasteiger partial charge in [-0.05, 0) is 60.5 Å². The molecule has 160 valence electrons. The van der Waals surface area contributed by atoms with Crippen molar-refractivity contribution in [2.45, 2.75) is 25.3 Å². The van der Waals surface area contributed by atoms with Crippen molar-refractivity contribution in [3.63, 3.8) is 0 Å². The van der Waals surface area contributed by atoms with Crippen LogP contribution in [0.5, 0.6) is 0 Å². The molecule has 0 bridgehead atoms.